The molecular weight excluding hydrogens is 446 g/mol. The lowest BCUT2D eigenvalue weighted by Crippen LogP contribution is -2.49. The first-order chi connectivity index (χ1) is 11.4. The summed E-state index contributed by atoms with van der Waals surface area (Å²) < 4.78 is 38.6. The fraction of sp³-hybridized carbons (Fsp3) is 0.750. The number of aliphatic imine (C=N–C) groups is 1. The molecule has 2 heterocycles. The van der Waals surface area contributed by atoms with E-state index < -0.39 is 12.6 Å². The highest BCUT2D eigenvalue weighted by Crippen LogP contribution is 2.27. The van der Waals surface area contributed by atoms with Crippen LogP contribution in [0.3, 0.4) is 0 Å². The molecule has 1 fully saturated rings. The first-order valence-electron chi connectivity index (χ1n) is 8.40. The van der Waals surface area contributed by atoms with Crippen molar-refractivity contribution in [3.8, 4) is 0 Å². The van der Waals surface area contributed by atoms with Gasteiger partial charge in [0.2, 0.25) is 0 Å². The van der Waals surface area contributed by atoms with Gasteiger partial charge in [0.25, 0.3) is 0 Å². The fourth-order valence-corrected chi connectivity index (χ4v) is 3.08. The van der Waals surface area contributed by atoms with Gasteiger partial charge in [-0.1, -0.05) is 6.92 Å². The van der Waals surface area contributed by atoms with E-state index >= 15 is 0 Å². The summed E-state index contributed by atoms with van der Waals surface area (Å²) in [4.78, 5) is 10.6. The molecule has 0 aliphatic carbocycles. The normalized spacial score (nSPS) is 21.8. The highest BCUT2D eigenvalue weighted by atomic mass is 127. The van der Waals surface area contributed by atoms with E-state index in [0.717, 1.165) is 25.5 Å². The molecule has 0 radical (unpaired) electrons. The number of unbranched alkanes of at least 4 members (excludes halogenated alkanes) is 1. The molecule has 2 atom stereocenters. The third kappa shape index (κ3) is 7.02. The van der Waals surface area contributed by atoms with Crippen molar-refractivity contribution in [2.24, 2.45) is 10.9 Å². The molecule has 0 spiro atoms. The molecule has 0 saturated carbocycles. The molecule has 2 unspecified atom stereocenters. The lowest BCUT2D eigenvalue weighted by atomic mass is 9.93. The molecule has 144 valence electrons. The second kappa shape index (κ2) is 10.2. The highest BCUT2D eigenvalue weighted by Gasteiger charge is 2.29. The predicted octanol–water partition coefficient (Wildman–Crippen LogP) is 3.69. The average molecular weight is 473 g/mol. The Labute approximate surface area is 164 Å². The van der Waals surface area contributed by atoms with Gasteiger partial charge in [-0.05, 0) is 25.2 Å². The summed E-state index contributed by atoms with van der Waals surface area (Å²) >= 11 is 0. The van der Waals surface area contributed by atoms with Crippen molar-refractivity contribution in [1.29, 1.82) is 0 Å². The van der Waals surface area contributed by atoms with Crippen LogP contribution in [0.5, 0.6) is 0 Å². The Kier molecular flexibility index (Phi) is 9.01. The molecule has 0 amide bonds. The minimum Gasteiger partial charge on any atom is -0.356 e. The maximum absolute atomic E-state index is 12.2. The number of hydrogen-bond acceptors (Lipinski definition) is 2. The fourth-order valence-electron chi connectivity index (χ4n) is 3.08. The van der Waals surface area contributed by atoms with Gasteiger partial charge in [-0.25, -0.2) is 4.98 Å². The smallest absolute Gasteiger partial charge is 0.356 e. The van der Waals surface area contributed by atoms with E-state index in [2.05, 4.69) is 31.7 Å². The van der Waals surface area contributed by atoms with Crippen LogP contribution in [0.25, 0.3) is 0 Å². The van der Waals surface area contributed by atoms with E-state index in [-0.39, 0.29) is 30.4 Å². The van der Waals surface area contributed by atoms with Gasteiger partial charge in [0.15, 0.2) is 5.96 Å². The zero-order valence-electron chi connectivity index (χ0n) is 14.7. The van der Waals surface area contributed by atoms with Crippen LogP contribution in [-0.4, -0.2) is 53.3 Å². The van der Waals surface area contributed by atoms with Crippen LogP contribution < -0.4 is 5.32 Å². The molecule has 1 aromatic rings. The maximum Gasteiger partial charge on any atom is 0.389 e. The molecule has 25 heavy (non-hydrogen) atoms. The first kappa shape index (κ1) is 22.0. The minimum atomic E-state index is -4.07. The van der Waals surface area contributed by atoms with Gasteiger partial charge < -0.3 is 14.8 Å². The standard InChI is InChI=1S/C16H26F3N5.HI/c1-13-5-9-23(11-14(13)24-10-8-21-12-24)15(20-2)22-7-4-3-6-16(17,18)19;/h8,10,12-14H,3-7,9,11H2,1-2H3,(H,20,22);1H. The largest absolute Gasteiger partial charge is 0.389 e. The number of hydrogen-bond donors (Lipinski definition) is 1. The van der Waals surface area contributed by atoms with Crippen LogP contribution in [-0.2, 0) is 0 Å². The number of nitrogens with one attached hydrogen (secondary N) is 1. The van der Waals surface area contributed by atoms with Gasteiger partial charge in [-0.2, -0.15) is 13.2 Å². The Morgan fingerprint density at radius 1 is 1.36 bits per heavy atom. The van der Waals surface area contributed by atoms with Crippen LogP contribution in [0.1, 0.15) is 38.6 Å². The maximum atomic E-state index is 12.2. The summed E-state index contributed by atoms with van der Waals surface area (Å²) in [7, 11) is 1.71. The number of imidazole rings is 1. The van der Waals surface area contributed by atoms with Gasteiger partial charge >= 0.3 is 6.18 Å². The molecule has 1 N–H and O–H groups in total. The molecule has 1 saturated heterocycles. The van der Waals surface area contributed by atoms with Crippen molar-refractivity contribution in [3.63, 3.8) is 0 Å². The topological polar surface area (TPSA) is 45.5 Å². The van der Waals surface area contributed by atoms with E-state index in [1.807, 2.05) is 12.5 Å². The van der Waals surface area contributed by atoms with Crippen molar-refractivity contribution >= 4 is 29.9 Å². The summed E-state index contributed by atoms with van der Waals surface area (Å²) in [5.74, 6) is 1.30. The second-order valence-electron chi connectivity index (χ2n) is 6.34. The Bertz CT molecular complexity index is 518. The Hall–Kier alpha value is -1.00. The third-order valence-electron chi connectivity index (χ3n) is 4.51. The van der Waals surface area contributed by atoms with Gasteiger partial charge in [0.05, 0.1) is 12.4 Å². The molecule has 9 heteroatoms. The van der Waals surface area contributed by atoms with Crippen molar-refractivity contribution in [1.82, 2.24) is 19.8 Å². The summed E-state index contributed by atoms with van der Waals surface area (Å²) in [5.41, 5.74) is 0. The molecule has 1 aromatic heterocycles. The van der Waals surface area contributed by atoms with E-state index in [1.54, 1.807) is 13.2 Å². The minimum absolute atomic E-state index is 0. The van der Waals surface area contributed by atoms with Crippen molar-refractivity contribution in [2.45, 2.75) is 44.8 Å². The van der Waals surface area contributed by atoms with E-state index in [0.29, 0.717) is 24.9 Å². The molecule has 1 aliphatic heterocycles. The van der Waals surface area contributed by atoms with Crippen LogP contribution >= 0.6 is 24.0 Å². The predicted molar refractivity (Wildman–Crippen MR) is 103 cm³/mol. The van der Waals surface area contributed by atoms with Gasteiger partial charge in [-0.3, -0.25) is 4.99 Å². The van der Waals surface area contributed by atoms with Gasteiger partial charge in [0, 0.05) is 45.5 Å². The number of rotatable bonds is 5. The number of piperidine rings is 1. The average Bonchev–Trinajstić information content (AvgIpc) is 3.05. The monoisotopic (exact) mass is 473 g/mol. The van der Waals surface area contributed by atoms with Crippen molar-refractivity contribution in [3.05, 3.63) is 18.7 Å². The first-order valence-corrected chi connectivity index (χ1v) is 8.40. The van der Waals surface area contributed by atoms with Crippen LogP contribution in [0.4, 0.5) is 13.2 Å². The quantitative estimate of drug-likeness (QED) is 0.307. The molecule has 2 rings (SSSR count). The lowest BCUT2D eigenvalue weighted by Gasteiger charge is -2.39. The van der Waals surface area contributed by atoms with E-state index in [4.69, 9.17) is 0 Å². The Balaban J connectivity index is 0.00000312. The second-order valence-corrected chi connectivity index (χ2v) is 6.34. The van der Waals surface area contributed by atoms with E-state index in [1.165, 1.54) is 0 Å². The summed E-state index contributed by atoms with van der Waals surface area (Å²) in [6.07, 6.45) is 2.45. The zero-order chi connectivity index (χ0) is 17.6. The van der Waals surface area contributed by atoms with Crippen LogP contribution in [0.2, 0.25) is 0 Å². The zero-order valence-corrected chi connectivity index (χ0v) is 17.0. The third-order valence-corrected chi connectivity index (χ3v) is 4.51. The number of likely N-dealkylation sites (tertiary alicyclic amines) is 1. The molecule has 5 nitrogen and oxygen atoms in total. The molecular formula is C16H27F3IN5. The van der Waals surface area contributed by atoms with Crippen LogP contribution in [0, 0.1) is 5.92 Å². The van der Waals surface area contributed by atoms with Gasteiger partial charge in [0.1, 0.15) is 0 Å². The molecule has 0 aromatic carbocycles. The highest BCUT2D eigenvalue weighted by molar-refractivity contribution is 14.0. The summed E-state index contributed by atoms with van der Waals surface area (Å²) in [6.45, 7) is 4.45. The molecule has 0 bridgehead atoms. The summed E-state index contributed by atoms with van der Waals surface area (Å²) in [5, 5.41) is 3.19. The number of alkyl halides is 3. The Morgan fingerprint density at radius 2 is 2.12 bits per heavy atom. The van der Waals surface area contributed by atoms with E-state index in [9.17, 15) is 13.2 Å². The number of nitrogens with zero attached hydrogens (tertiary/aromatic N) is 4. The van der Waals surface area contributed by atoms with Gasteiger partial charge in [-0.15, -0.1) is 24.0 Å². The Morgan fingerprint density at radius 3 is 2.72 bits per heavy atom. The van der Waals surface area contributed by atoms with Crippen molar-refractivity contribution < 1.29 is 13.2 Å². The SMILES string of the molecule is CN=C(NCCCCC(F)(F)F)N1CCC(C)C(n2ccnc2)C1.I. The number of halogens is 4. The molecule has 1 aliphatic rings. The summed E-state index contributed by atoms with van der Waals surface area (Å²) in [6, 6.07) is 0.324. The lowest BCUT2D eigenvalue weighted by molar-refractivity contribution is -0.135. The number of aromatic nitrogens is 2. The number of guanidine groups is 1. The van der Waals surface area contributed by atoms with Crippen molar-refractivity contribution in [2.75, 3.05) is 26.7 Å². The van der Waals surface area contributed by atoms with Crippen LogP contribution in [0.15, 0.2) is 23.7 Å².